The molecule has 0 radical (unpaired) electrons. The van der Waals surface area contributed by atoms with Crippen molar-refractivity contribution >= 4 is 12.2 Å². The molecule has 0 aliphatic carbocycles. The average molecular weight is 363 g/mol. The molecular weight excluding hydrogens is 351 g/mol. The topological polar surface area (TPSA) is 91.8 Å². The summed E-state index contributed by atoms with van der Waals surface area (Å²) in [6, 6.07) is 1.08. The lowest BCUT2D eigenvalue weighted by Gasteiger charge is -1.99. The third-order valence-corrected chi connectivity index (χ3v) is 3.58. The third kappa shape index (κ3) is 3.37. The highest BCUT2D eigenvalue weighted by molar-refractivity contribution is 5.49. The molecule has 3 rings (SSSR count). The minimum atomic E-state index is -1.40. The van der Waals surface area contributed by atoms with E-state index in [0.717, 1.165) is 6.08 Å². The summed E-state index contributed by atoms with van der Waals surface area (Å²) in [6.45, 7) is 1.83. The number of halogens is 3. The SMILES string of the molecule is CCc1ocnc1/C=c1\[nH]c(=O)/c(=C/c2cc(F)cc(F)c2F)[nH]c1=O. The van der Waals surface area contributed by atoms with Crippen molar-refractivity contribution in [2.45, 2.75) is 13.3 Å². The second kappa shape index (κ2) is 6.87. The van der Waals surface area contributed by atoms with Crippen LogP contribution in [0.3, 0.4) is 0 Å². The fraction of sp³-hybridized carbons (Fsp3) is 0.118. The number of H-pyrrole nitrogens is 2. The van der Waals surface area contributed by atoms with Crippen LogP contribution in [0.4, 0.5) is 13.2 Å². The number of aromatic nitrogens is 3. The maximum atomic E-state index is 13.7. The molecule has 0 aliphatic heterocycles. The lowest BCUT2D eigenvalue weighted by Crippen LogP contribution is -2.46. The van der Waals surface area contributed by atoms with Crippen molar-refractivity contribution in [3.05, 3.63) is 84.4 Å². The number of nitrogens with zero attached hydrogens (tertiary/aromatic N) is 1. The van der Waals surface area contributed by atoms with Gasteiger partial charge in [0.1, 0.15) is 28.0 Å². The van der Waals surface area contributed by atoms with Crippen LogP contribution >= 0.6 is 0 Å². The van der Waals surface area contributed by atoms with E-state index in [2.05, 4.69) is 15.0 Å². The Kier molecular flexibility index (Phi) is 4.61. The Hall–Kier alpha value is -3.36. The summed E-state index contributed by atoms with van der Waals surface area (Å²) < 4.78 is 45.3. The Balaban J connectivity index is 2.18. The molecule has 2 aromatic heterocycles. The predicted molar refractivity (Wildman–Crippen MR) is 86.3 cm³/mol. The van der Waals surface area contributed by atoms with Gasteiger partial charge in [0.25, 0.3) is 11.1 Å². The van der Waals surface area contributed by atoms with Gasteiger partial charge in [0.15, 0.2) is 18.0 Å². The van der Waals surface area contributed by atoms with Gasteiger partial charge in [0.2, 0.25) is 0 Å². The zero-order valence-electron chi connectivity index (χ0n) is 13.4. The molecule has 0 amide bonds. The fourth-order valence-electron chi connectivity index (χ4n) is 2.33. The van der Waals surface area contributed by atoms with Crippen molar-refractivity contribution in [2.24, 2.45) is 0 Å². The van der Waals surface area contributed by atoms with Gasteiger partial charge in [-0.05, 0) is 18.2 Å². The molecule has 6 nitrogen and oxygen atoms in total. The zero-order valence-corrected chi connectivity index (χ0v) is 13.4. The number of aromatic amines is 2. The van der Waals surface area contributed by atoms with Gasteiger partial charge in [-0.1, -0.05) is 6.92 Å². The first-order valence-electron chi connectivity index (χ1n) is 7.52. The summed E-state index contributed by atoms with van der Waals surface area (Å²) in [6.07, 6.45) is 3.92. The number of hydrogen-bond donors (Lipinski definition) is 2. The molecule has 0 unspecified atom stereocenters. The predicted octanol–water partition coefficient (Wildman–Crippen LogP) is 0.689. The Bertz CT molecular complexity index is 1210. The first kappa shape index (κ1) is 17.5. The van der Waals surface area contributed by atoms with Crippen LogP contribution in [0.15, 0.2) is 32.5 Å². The van der Waals surface area contributed by atoms with Crippen LogP contribution in [0.2, 0.25) is 0 Å². The highest BCUT2D eigenvalue weighted by Crippen LogP contribution is 2.14. The number of aryl methyl sites for hydroxylation is 1. The number of hydrogen-bond acceptors (Lipinski definition) is 4. The molecule has 26 heavy (non-hydrogen) atoms. The molecule has 1 aromatic carbocycles. The molecule has 2 heterocycles. The molecule has 2 N–H and O–H groups in total. The van der Waals surface area contributed by atoms with Crippen LogP contribution in [0.5, 0.6) is 0 Å². The number of nitrogens with one attached hydrogen (secondary N) is 2. The minimum Gasteiger partial charge on any atom is -0.448 e. The van der Waals surface area contributed by atoms with Gasteiger partial charge < -0.3 is 14.4 Å². The number of rotatable bonds is 3. The fourth-order valence-corrected chi connectivity index (χ4v) is 2.33. The van der Waals surface area contributed by atoms with Gasteiger partial charge in [0.05, 0.1) is 0 Å². The van der Waals surface area contributed by atoms with E-state index in [1.807, 2.05) is 6.92 Å². The van der Waals surface area contributed by atoms with E-state index in [1.165, 1.54) is 12.5 Å². The molecule has 0 fully saturated rings. The van der Waals surface area contributed by atoms with Crippen LogP contribution in [0.25, 0.3) is 12.2 Å². The molecule has 134 valence electrons. The Morgan fingerprint density at radius 3 is 2.38 bits per heavy atom. The summed E-state index contributed by atoms with van der Waals surface area (Å²) in [5, 5.41) is -0.450. The van der Waals surface area contributed by atoms with E-state index < -0.39 is 34.1 Å². The van der Waals surface area contributed by atoms with E-state index in [4.69, 9.17) is 4.42 Å². The van der Waals surface area contributed by atoms with Gasteiger partial charge in [-0.2, -0.15) is 0 Å². The second-order valence-electron chi connectivity index (χ2n) is 5.33. The maximum Gasteiger partial charge on any atom is 0.272 e. The van der Waals surface area contributed by atoms with Crippen molar-refractivity contribution in [3.8, 4) is 0 Å². The number of benzene rings is 1. The summed E-state index contributed by atoms with van der Waals surface area (Å²) in [5.41, 5.74) is -1.60. The molecule has 0 atom stereocenters. The second-order valence-corrected chi connectivity index (χ2v) is 5.33. The molecule has 9 heteroatoms. The number of oxazole rings is 1. The summed E-state index contributed by atoms with van der Waals surface area (Å²) in [5.74, 6) is -3.23. The van der Waals surface area contributed by atoms with Crippen LogP contribution < -0.4 is 21.8 Å². The normalized spacial score (nSPS) is 12.8. The lowest BCUT2D eigenvalue weighted by molar-refractivity contribution is 0.493. The molecule has 0 saturated carbocycles. The Labute approximate surface area is 143 Å². The van der Waals surface area contributed by atoms with E-state index in [-0.39, 0.29) is 10.7 Å². The van der Waals surface area contributed by atoms with Crippen molar-refractivity contribution in [2.75, 3.05) is 0 Å². The van der Waals surface area contributed by atoms with Crippen LogP contribution in [0.1, 0.15) is 23.9 Å². The molecule has 0 spiro atoms. The van der Waals surface area contributed by atoms with Crippen molar-refractivity contribution < 1.29 is 17.6 Å². The largest absolute Gasteiger partial charge is 0.448 e. The van der Waals surface area contributed by atoms with E-state index in [9.17, 15) is 22.8 Å². The Morgan fingerprint density at radius 1 is 1.08 bits per heavy atom. The van der Waals surface area contributed by atoms with E-state index >= 15 is 0 Å². The molecule has 0 saturated heterocycles. The highest BCUT2D eigenvalue weighted by Gasteiger charge is 2.10. The van der Waals surface area contributed by atoms with Gasteiger partial charge in [-0.3, -0.25) is 9.59 Å². The molecule has 3 aromatic rings. The van der Waals surface area contributed by atoms with Crippen LogP contribution in [-0.4, -0.2) is 15.0 Å². The van der Waals surface area contributed by atoms with Gasteiger partial charge >= 0.3 is 0 Å². The van der Waals surface area contributed by atoms with Crippen molar-refractivity contribution in [1.29, 1.82) is 0 Å². The molecule has 0 bridgehead atoms. The average Bonchev–Trinajstić information content (AvgIpc) is 3.03. The summed E-state index contributed by atoms with van der Waals surface area (Å²) >= 11 is 0. The maximum absolute atomic E-state index is 13.7. The van der Waals surface area contributed by atoms with E-state index in [0.29, 0.717) is 30.0 Å². The first-order chi connectivity index (χ1) is 12.4. The quantitative estimate of drug-likeness (QED) is 0.670. The highest BCUT2D eigenvalue weighted by atomic mass is 19.2. The lowest BCUT2D eigenvalue weighted by atomic mass is 10.2. The third-order valence-electron chi connectivity index (χ3n) is 3.58. The smallest absolute Gasteiger partial charge is 0.272 e. The van der Waals surface area contributed by atoms with Crippen molar-refractivity contribution in [1.82, 2.24) is 15.0 Å². The van der Waals surface area contributed by atoms with Gasteiger partial charge in [-0.25, -0.2) is 18.2 Å². The van der Waals surface area contributed by atoms with Gasteiger partial charge in [0, 0.05) is 18.1 Å². The van der Waals surface area contributed by atoms with Crippen LogP contribution in [0, 0.1) is 17.5 Å². The van der Waals surface area contributed by atoms with Crippen molar-refractivity contribution in [3.63, 3.8) is 0 Å². The van der Waals surface area contributed by atoms with Crippen LogP contribution in [-0.2, 0) is 6.42 Å². The Morgan fingerprint density at radius 2 is 1.73 bits per heavy atom. The summed E-state index contributed by atoms with van der Waals surface area (Å²) in [7, 11) is 0. The molecule has 0 aliphatic rings. The monoisotopic (exact) mass is 363 g/mol. The first-order valence-corrected chi connectivity index (χ1v) is 7.52. The minimum absolute atomic E-state index is 0.0957. The zero-order chi connectivity index (χ0) is 18.8. The van der Waals surface area contributed by atoms with Gasteiger partial charge in [-0.15, -0.1) is 0 Å². The standard InChI is InChI=1S/C17H12F3N3O3/c1-2-14-11(21-7-26-14)6-13-17(25)22-12(16(24)23-13)4-8-3-9(18)5-10(19)15(8)20/h3-7H,2H2,1H3,(H,22,25)(H,23,24)/b12-4-,13-6-. The molecular formula is C17H12F3N3O3. The van der Waals surface area contributed by atoms with E-state index in [1.54, 1.807) is 0 Å². The summed E-state index contributed by atoms with van der Waals surface area (Å²) in [4.78, 5) is 32.8.